The number of ether oxygens (including phenoxy) is 1. The first-order valence-corrected chi connectivity index (χ1v) is 8.63. The Labute approximate surface area is 139 Å². The highest BCUT2D eigenvalue weighted by Gasteiger charge is 2.15. The Morgan fingerprint density at radius 2 is 1.83 bits per heavy atom. The van der Waals surface area contributed by atoms with Gasteiger partial charge in [0.2, 0.25) is 5.91 Å². The first-order chi connectivity index (χ1) is 11.3. The Morgan fingerprint density at radius 3 is 2.42 bits per heavy atom. The molecule has 128 valence electrons. The van der Waals surface area contributed by atoms with Crippen LogP contribution in [0.15, 0.2) is 47.4 Å². The van der Waals surface area contributed by atoms with E-state index in [0.717, 1.165) is 6.07 Å². The van der Waals surface area contributed by atoms with Crippen molar-refractivity contribution in [1.82, 2.24) is 0 Å². The summed E-state index contributed by atoms with van der Waals surface area (Å²) >= 11 is 0. The minimum Gasteiger partial charge on any atom is -0.494 e. The van der Waals surface area contributed by atoms with Crippen LogP contribution in [0.3, 0.4) is 0 Å². The van der Waals surface area contributed by atoms with Gasteiger partial charge in [0.05, 0.1) is 22.9 Å². The molecule has 24 heavy (non-hydrogen) atoms. The van der Waals surface area contributed by atoms with Crippen LogP contribution in [0.4, 0.5) is 15.8 Å². The van der Waals surface area contributed by atoms with E-state index in [-0.39, 0.29) is 16.3 Å². The van der Waals surface area contributed by atoms with Crippen LogP contribution in [-0.2, 0) is 14.8 Å². The fourth-order valence-corrected chi connectivity index (χ4v) is 3.02. The van der Waals surface area contributed by atoms with Gasteiger partial charge in [-0.15, -0.1) is 0 Å². The summed E-state index contributed by atoms with van der Waals surface area (Å²) in [6, 6.07) is 9.46. The minimum atomic E-state index is -3.84. The molecule has 0 saturated carbocycles. The van der Waals surface area contributed by atoms with E-state index in [9.17, 15) is 17.6 Å². The normalized spacial score (nSPS) is 11.0. The highest BCUT2D eigenvalue weighted by Crippen LogP contribution is 2.23. The van der Waals surface area contributed by atoms with Crippen molar-refractivity contribution in [3.05, 3.63) is 48.3 Å². The molecule has 2 aromatic carbocycles. The molecule has 2 rings (SSSR count). The summed E-state index contributed by atoms with van der Waals surface area (Å²) in [7, 11) is -3.84. The van der Waals surface area contributed by atoms with Crippen LogP contribution in [-0.4, -0.2) is 20.9 Å². The zero-order valence-corrected chi connectivity index (χ0v) is 14.0. The van der Waals surface area contributed by atoms with Gasteiger partial charge in [-0.3, -0.25) is 9.52 Å². The fraction of sp³-hybridized carbons (Fsp3) is 0.188. The van der Waals surface area contributed by atoms with Crippen molar-refractivity contribution in [2.75, 3.05) is 16.6 Å². The molecule has 2 aromatic rings. The minimum absolute atomic E-state index is 0.0383. The van der Waals surface area contributed by atoms with Gasteiger partial charge in [0.25, 0.3) is 10.0 Å². The maximum atomic E-state index is 13.6. The van der Waals surface area contributed by atoms with Gasteiger partial charge >= 0.3 is 0 Å². The summed E-state index contributed by atoms with van der Waals surface area (Å²) in [5.74, 6) is -0.555. The lowest BCUT2D eigenvalue weighted by Crippen LogP contribution is -2.14. The predicted octanol–water partition coefficient (Wildman–Crippen LogP) is 2.98. The zero-order valence-electron chi connectivity index (χ0n) is 13.2. The van der Waals surface area contributed by atoms with Crippen LogP contribution < -0.4 is 14.8 Å². The first-order valence-electron chi connectivity index (χ1n) is 7.14. The summed E-state index contributed by atoms with van der Waals surface area (Å²) in [5, 5.41) is 2.30. The molecule has 1 amide bonds. The number of rotatable bonds is 6. The summed E-state index contributed by atoms with van der Waals surface area (Å²) in [6.45, 7) is 3.54. The van der Waals surface area contributed by atoms with Gasteiger partial charge in [-0.25, -0.2) is 12.8 Å². The Bertz CT molecular complexity index is 836. The number of sulfonamides is 1. The SMILES string of the molecule is CCOc1ccc(S(=O)(=O)Nc2ccc(F)c(NC(C)=O)c2)cc1. The third-order valence-corrected chi connectivity index (χ3v) is 4.37. The second kappa shape index (κ2) is 7.31. The smallest absolute Gasteiger partial charge is 0.261 e. The molecule has 0 heterocycles. The molecule has 0 aliphatic rings. The highest BCUT2D eigenvalue weighted by atomic mass is 32.2. The van der Waals surface area contributed by atoms with E-state index in [1.165, 1.54) is 31.2 Å². The van der Waals surface area contributed by atoms with Gasteiger partial charge < -0.3 is 10.1 Å². The van der Waals surface area contributed by atoms with E-state index in [1.54, 1.807) is 12.1 Å². The molecule has 6 nitrogen and oxygen atoms in total. The summed E-state index contributed by atoms with van der Waals surface area (Å²) < 4.78 is 45.9. The quantitative estimate of drug-likeness (QED) is 0.837. The predicted molar refractivity (Wildman–Crippen MR) is 89.1 cm³/mol. The molecule has 0 spiro atoms. The summed E-state index contributed by atoms with van der Waals surface area (Å²) in [6.07, 6.45) is 0. The van der Waals surface area contributed by atoms with Crippen molar-refractivity contribution in [2.45, 2.75) is 18.7 Å². The van der Waals surface area contributed by atoms with Gasteiger partial charge in [-0.1, -0.05) is 0 Å². The molecule has 0 radical (unpaired) electrons. The average molecular weight is 352 g/mol. The maximum Gasteiger partial charge on any atom is 0.261 e. The molecular formula is C16H17FN2O4S. The van der Waals surface area contributed by atoms with E-state index in [0.29, 0.717) is 12.4 Å². The number of anilines is 2. The number of hydrogen-bond donors (Lipinski definition) is 2. The number of nitrogens with one attached hydrogen (secondary N) is 2. The molecule has 0 aromatic heterocycles. The van der Waals surface area contributed by atoms with Crippen molar-refractivity contribution in [1.29, 1.82) is 0 Å². The largest absolute Gasteiger partial charge is 0.494 e. The first kappa shape index (κ1) is 17.7. The van der Waals surface area contributed by atoms with Crippen LogP contribution in [0.5, 0.6) is 5.75 Å². The second-order valence-corrected chi connectivity index (χ2v) is 6.57. The van der Waals surface area contributed by atoms with Crippen LogP contribution in [0.25, 0.3) is 0 Å². The lowest BCUT2D eigenvalue weighted by atomic mass is 10.2. The number of hydrogen-bond acceptors (Lipinski definition) is 4. The Hall–Kier alpha value is -2.61. The Morgan fingerprint density at radius 1 is 1.17 bits per heavy atom. The topological polar surface area (TPSA) is 84.5 Å². The molecule has 0 bridgehead atoms. The van der Waals surface area contributed by atoms with E-state index >= 15 is 0 Å². The molecule has 2 N–H and O–H groups in total. The third-order valence-electron chi connectivity index (χ3n) is 2.97. The van der Waals surface area contributed by atoms with Gasteiger partial charge in [0.15, 0.2) is 0 Å². The summed E-state index contributed by atoms with van der Waals surface area (Å²) in [4.78, 5) is 11.1. The zero-order chi connectivity index (χ0) is 17.7. The number of carbonyl (C=O) groups is 1. The van der Waals surface area contributed by atoms with Gasteiger partial charge in [0, 0.05) is 6.92 Å². The molecule has 0 fully saturated rings. The Kier molecular flexibility index (Phi) is 5.40. The fourth-order valence-electron chi connectivity index (χ4n) is 1.97. The summed E-state index contributed by atoms with van der Waals surface area (Å²) in [5.41, 5.74) is 0.0310. The van der Waals surface area contributed by atoms with Crippen molar-refractivity contribution >= 4 is 27.3 Å². The van der Waals surface area contributed by atoms with Gasteiger partial charge in [-0.05, 0) is 49.4 Å². The van der Waals surface area contributed by atoms with E-state index in [1.807, 2.05) is 6.92 Å². The Balaban J connectivity index is 2.24. The van der Waals surface area contributed by atoms with Gasteiger partial charge in [0.1, 0.15) is 11.6 Å². The van der Waals surface area contributed by atoms with E-state index < -0.39 is 21.7 Å². The number of carbonyl (C=O) groups excluding carboxylic acids is 1. The molecule has 0 unspecified atom stereocenters. The molecular weight excluding hydrogens is 335 g/mol. The third kappa shape index (κ3) is 4.45. The van der Waals surface area contributed by atoms with E-state index in [4.69, 9.17) is 4.74 Å². The standard InChI is InChI=1S/C16H17FN2O4S/c1-3-23-13-5-7-14(8-6-13)24(21,22)19-12-4-9-15(17)16(10-12)18-11(2)20/h4-10,19H,3H2,1-2H3,(H,18,20). The number of amides is 1. The van der Waals surface area contributed by atoms with Crippen molar-refractivity contribution < 1.29 is 22.3 Å². The van der Waals surface area contributed by atoms with Crippen LogP contribution in [0.2, 0.25) is 0 Å². The average Bonchev–Trinajstić information content (AvgIpc) is 2.51. The molecule has 0 aliphatic heterocycles. The lowest BCUT2D eigenvalue weighted by molar-refractivity contribution is -0.114. The van der Waals surface area contributed by atoms with Crippen molar-refractivity contribution in [2.24, 2.45) is 0 Å². The van der Waals surface area contributed by atoms with Crippen molar-refractivity contribution in [3.8, 4) is 5.75 Å². The van der Waals surface area contributed by atoms with Crippen LogP contribution in [0, 0.1) is 5.82 Å². The molecule has 0 saturated heterocycles. The van der Waals surface area contributed by atoms with Gasteiger partial charge in [-0.2, -0.15) is 0 Å². The van der Waals surface area contributed by atoms with Crippen LogP contribution >= 0.6 is 0 Å². The van der Waals surface area contributed by atoms with Crippen LogP contribution in [0.1, 0.15) is 13.8 Å². The van der Waals surface area contributed by atoms with E-state index in [2.05, 4.69) is 10.0 Å². The molecule has 0 aliphatic carbocycles. The maximum absolute atomic E-state index is 13.6. The highest BCUT2D eigenvalue weighted by molar-refractivity contribution is 7.92. The monoisotopic (exact) mass is 352 g/mol. The number of benzene rings is 2. The number of halogens is 1. The second-order valence-electron chi connectivity index (χ2n) is 4.89. The lowest BCUT2D eigenvalue weighted by Gasteiger charge is -2.11. The molecule has 0 atom stereocenters. The van der Waals surface area contributed by atoms with Crippen molar-refractivity contribution in [3.63, 3.8) is 0 Å². The molecule has 8 heteroatoms.